The van der Waals surface area contributed by atoms with Crippen molar-refractivity contribution in [3.63, 3.8) is 0 Å². The number of thioether (sulfide) groups is 1. The molecule has 7 nitrogen and oxygen atoms in total. The van der Waals surface area contributed by atoms with E-state index in [-0.39, 0.29) is 29.6 Å². The fraction of sp³-hybridized carbons (Fsp3) is 0.783. The van der Waals surface area contributed by atoms with Crippen LogP contribution in [0.2, 0.25) is 0 Å². The Morgan fingerprint density at radius 2 is 2.13 bits per heavy atom. The number of aliphatic hydroxyl groups excluding tert-OH is 1. The van der Waals surface area contributed by atoms with E-state index in [1.165, 1.54) is 11.8 Å². The molecule has 3 heterocycles. The minimum atomic E-state index is -0.955. The molecule has 2 bridgehead atoms. The van der Waals surface area contributed by atoms with E-state index in [1.807, 2.05) is 13.8 Å². The summed E-state index contributed by atoms with van der Waals surface area (Å²) in [6.45, 7) is 10.5. The van der Waals surface area contributed by atoms with Crippen molar-refractivity contribution in [2.24, 2.45) is 17.8 Å². The number of likely N-dealkylation sites (tertiary alicyclic amines) is 1. The lowest BCUT2D eigenvalue weighted by Crippen LogP contribution is -2.58. The molecule has 3 rings (SSSR count). The second kappa shape index (κ2) is 9.53. The Morgan fingerprint density at radius 1 is 1.42 bits per heavy atom. The zero-order valence-electron chi connectivity index (χ0n) is 18.8. The Hall–Kier alpha value is -1.54. The van der Waals surface area contributed by atoms with Crippen molar-refractivity contribution in [2.75, 3.05) is 19.7 Å². The highest BCUT2D eigenvalue weighted by Gasteiger charge is 2.74. The zero-order valence-corrected chi connectivity index (χ0v) is 19.6. The van der Waals surface area contributed by atoms with Crippen LogP contribution < -0.4 is 0 Å². The number of nitrogens with zero attached hydrogens (tertiary/aromatic N) is 2. The number of rotatable bonds is 11. The maximum atomic E-state index is 14.0. The van der Waals surface area contributed by atoms with Gasteiger partial charge in [-0.25, -0.2) is 0 Å². The van der Waals surface area contributed by atoms with Gasteiger partial charge in [0.2, 0.25) is 11.8 Å². The highest BCUT2D eigenvalue weighted by Crippen LogP contribution is 2.66. The van der Waals surface area contributed by atoms with Gasteiger partial charge in [0.1, 0.15) is 6.04 Å². The largest absolute Gasteiger partial charge is 0.481 e. The van der Waals surface area contributed by atoms with Gasteiger partial charge in [0, 0.05) is 18.3 Å². The Kier molecular flexibility index (Phi) is 7.41. The molecule has 2 N–H and O–H groups in total. The number of hydrogen-bond acceptors (Lipinski definition) is 5. The number of carboxylic acids is 1. The molecular formula is C23H36N2O5S. The van der Waals surface area contributed by atoms with Crippen LogP contribution in [-0.2, 0) is 14.4 Å². The first-order valence-electron chi connectivity index (χ1n) is 11.5. The van der Waals surface area contributed by atoms with Gasteiger partial charge in [0.05, 0.1) is 29.2 Å². The molecule has 174 valence electrons. The van der Waals surface area contributed by atoms with Crippen molar-refractivity contribution in [1.82, 2.24) is 9.80 Å². The van der Waals surface area contributed by atoms with Gasteiger partial charge in [0.25, 0.3) is 0 Å². The van der Waals surface area contributed by atoms with Gasteiger partial charge >= 0.3 is 5.97 Å². The lowest BCUT2D eigenvalue weighted by atomic mass is 9.71. The molecule has 3 aliphatic rings. The predicted octanol–water partition coefficient (Wildman–Crippen LogP) is 2.38. The molecule has 3 saturated heterocycles. The Bertz CT molecular complexity index is 731. The minimum Gasteiger partial charge on any atom is -0.481 e. The number of fused-ring (bicyclic) bond motifs is 1. The van der Waals surface area contributed by atoms with Crippen LogP contribution in [0, 0.1) is 17.8 Å². The molecule has 0 aromatic rings. The second-order valence-electron chi connectivity index (χ2n) is 9.20. The number of carboxylic acid groups (broad SMARTS) is 1. The third-order valence-corrected chi connectivity index (χ3v) is 9.50. The molecule has 3 fully saturated rings. The fourth-order valence-electron chi connectivity index (χ4n) is 5.79. The molecule has 7 atom stereocenters. The average Bonchev–Trinajstić information content (AvgIpc) is 3.39. The first-order chi connectivity index (χ1) is 14.8. The van der Waals surface area contributed by atoms with Crippen LogP contribution >= 0.6 is 11.8 Å². The van der Waals surface area contributed by atoms with Gasteiger partial charge in [0.15, 0.2) is 0 Å². The van der Waals surface area contributed by atoms with Gasteiger partial charge < -0.3 is 20.0 Å². The number of amides is 2. The van der Waals surface area contributed by atoms with E-state index >= 15 is 0 Å². The lowest BCUT2D eigenvalue weighted by Gasteiger charge is -2.41. The summed E-state index contributed by atoms with van der Waals surface area (Å²) < 4.78 is -0.728. The van der Waals surface area contributed by atoms with Crippen molar-refractivity contribution in [3.8, 4) is 0 Å². The lowest BCUT2D eigenvalue weighted by molar-refractivity contribution is -0.150. The maximum Gasteiger partial charge on any atom is 0.308 e. The molecule has 0 aromatic heterocycles. The van der Waals surface area contributed by atoms with E-state index in [0.717, 1.165) is 19.3 Å². The molecule has 31 heavy (non-hydrogen) atoms. The molecule has 3 aliphatic heterocycles. The normalized spacial score (nSPS) is 33.3. The van der Waals surface area contributed by atoms with Crippen LogP contribution in [0.4, 0.5) is 0 Å². The van der Waals surface area contributed by atoms with Crippen LogP contribution in [0.1, 0.15) is 52.9 Å². The van der Waals surface area contributed by atoms with Crippen LogP contribution in [0.15, 0.2) is 12.7 Å². The molecule has 1 spiro atoms. The van der Waals surface area contributed by atoms with Gasteiger partial charge in [-0.2, -0.15) is 0 Å². The van der Waals surface area contributed by atoms with E-state index in [9.17, 15) is 24.6 Å². The standard InChI is InChI=1S/C23H36N2O5S/c1-5-8-12-24(11-6-2)21(28)19-23-10-9-16(31-23)17(22(29)30)18(23)20(27)25(19)15(13-26)14(4)7-3/h6,14-19,26H,2,5,7-13H2,1,3-4H3,(H,29,30)/t14-,15-,16-,17+,18-,19?,23?/m0/s1. The molecular weight excluding hydrogens is 416 g/mol. The number of carbonyl (C=O) groups excluding carboxylic acids is 2. The highest BCUT2D eigenvalue weighted by atomic mass is 32.2. The molecule has 0 radical (unpaired) electrons. The zero-order chi connectivity index (χ0) is 22.9. The minimum absolute atomic E-state index is 0.00606. The molecule has 8 heteroatoms. The summed E-state index contributed by atoms with van der Waals surface area (Å²) in [6, 6.07) is -1.25. The molecule has 2 amide bonds. The van der Waals surface area contributed by atoms with Crippen molar-refractivity contribution >= 4 is 29.5 Å². The first-order valence-corrected chi connectivity index (χ1v) is 12.4. The number of unbranched alkanes of at least 4 members (excludes halogenated alkanes) is 1. The van der Waals surface area contributed by atoms with E-state index < -0.39 is 34.6 Å². The first kappa shape index (κ1) is 24.1. The van der Waals surface area contributed by atoms with Gasteiger partial charge in [-0.15, -0.1) is 18.3 Å². The second-order valence-corrected chi connectivity index (χ2v) is 10.8. The highest BCUT2D eigenvalue weighted by molar-refractivity contribution is 8.02. The number of aliphatic hydroxyl groups is 1. The van der Waals surface area contributed by atoms with Crippen molar-refractivity contribution in [1.29, 1.82) is 0 Å². The molecule has 0 saturated carbocycles. The topological polar surface area (TPSA) is 98.2 Å². The molecule has 0 aromatic carbocycles. The summed E-state index contributed by atoms with van der Waals surface area (Å²) in [5.41, 5.74) is 0. The summed E-state index contributed by atoms with van der Waals surface area (Å²) in [4.78, 5) is 43.2. The Morgan fingerprint density at radius 3 is 2.68 bits per heavy atom. The smallest absolute Gasteiger partial charge is 0.308 e. The van der Waals surface area contributed by atoms with Crippen molar-refractivity contribution < 1.29 is 24.6 Å². The SMILES string of the molecule is C=CCN(CCCC)C(=O)C1N([C@@H](CO)[C@@H](C)CC)C(=O)[C@@H]2[C@H](C(=O)O)[C@@H]3CCC12S3. The Labute approximate surface area is 189 Å². The molecule has 0 aliphatic carbocycles. The monoisotopic (exact) mass is 452 g/mol. The maximum absolute atomic E-state index is 14.0. The summed E-state index contributed by atoms with van der Waals surface area (Å²) in [6.07, 6.45) is 5.58. The van der Waals surface area contributed by atoms with Crippen molar-refractivity contribution in [2.45, 2.75) is 75.0 Å². The fourth-order valence-corrected chi connectivity index (χ4v) is 7.99. The van der Waals surface area contributed by atoms with Crippen LogP contribution in [0.3, 0.4) is 0 Å². The summed E-state index contributed by atoms with van der Waals surface area (Å²) in [5, 5.41) is 20.0. The Balaban J connectivity index is 2.08. The van der Waals surface area contributed by atoms with Gasteiger partial charge in [-0.3, -0.25) is 14.4 Å². The summed E-state index contributed by atoms with van der Waals surface area (Å²) in [7, 11) is 0. The van der Waals surface area contributed by atoms with Crippen LogP contribution in [0.25, 0.3) is 0 Å². The third-order valence-electron chi connectivity index (χ3n) is 7.55. The number of hydrogen-bond donors (Lipinski definition) is 2. The van der Waals surface area contributed by atoms with Crippen molar-refractivity contribution in [3.05, 3.63) is 12.7 Å². The van der Waals surface area contributed by atoms with E-state index in [4.69, 9.17) is 0 Å². The molecule has 2 unspecified atom stereocenters. The number of carbonyl (C=O) groups is 3. The van der Waals surface area contributed by atoms with Gasteiger partial charge in [-0.1, -0.05) is 39.7 Å². The van der Waals surface area contributed by atoms with Crippen LogP contribution in [-0.4, -0.2) is 79.6 Å². The van der Waals surface area contributed by atoms with E-state index in [2.05, 4.69) is 13.5 Å². The third kappa shape index (κ3) is 3.80. The summed E-state index contributed by atoms with van der Waals surface area (Å²) >= 11 is 1.54. The summed E-state index contributed by atoms with van der Waals surface area (Å²) in [5.74, 6) is -2.85. The van der Waals surface area contributed by atoms with E-state index in [0.29, 0.717) is 25.9 Å². The van der Waals surface area contributed by atoms with E-state index in [1.54, 1.807) is 15.9 Å². The predicted molar refractivity (Wildman–Crippen MR) is 121 cm³/mol. The average molecular weight is 453 g/mol. The van der Waals surface area contributed by atoms with Crippen LogP contribution in [0.5, 0.6) is 0 Å². The quantitative estimate of drug-likeness (QED) is 0.467. The number of aliphatic carboxylic acids is 1. The van der Waals surface area contributed by atoms with Gasteiger partial charge in [-0.05, 0) is 25.2 Å².